The van der Waals surface area contributed by atoms with Crippen molar-refractivity contribution < 1.29 is 4.79 Å². The number of thiophene rings is 1. The lowest BCUT2D eigenvalue weighted by Gasteiger charge is -2.10. The summed E-state index contributed by atoms with van der Waals surface area (Å²) in [6.07, 6.45) is 0. The van der Waals surface area contributed by atoms with Crippen LogP contribution in [0.15, 0.2) is 38.8 Å². The van der Waals surface area contributed by atoms with Crippen LogP contribution in [0.2, 0.25) is 5.02 Å². The minimum atomic E-state index is -0.298. The molecule has 104 valence electrons. The van der Waals surface area contributed by atoms with E-state index in [1.54, 1.807) is 23.1 Å². The molecule has 6 heteroatoms. The SMILES string of the molecule is CCNC1C(=O)Nc2cc(Sc3cccs3)c(Cl)cc21. The van der Waals surface area contributed by atoms with Crippen molar-refractivity contribution in [3.05, 3.63) is 40.2 Å². The molecule has 0 spiro atoms. The summed E-state index contributed by atoms with van der Waals surface area (Å²) < 4.78 is 1.18. The molecule has 20 heavy (non-hydrogen) atoms. The molecule has 1 aliphatic heterocycles. The van der Waals surface area contributed by atoms with Crippen molar-refractivity contribution in [1.82, 2.24) is 5.32 Å². The van der Waals surface area contributed by atoms with E-state index in [9.17, 15) is 4.79 Å². The van der Waals surface area contributed by atoms with Crippen molar-refractivity contribution in [2.24, 2.45) is 0 Å². The predicted molar refractivity (Wildman–Crippen MR) is 84.9 cm³/mol. The Hall–Kier alpha value is -1.01. The van der Waals surface area contributed by atoms with Gasteiger partial charge in [-0.3, -0.25) is 4.79 Å². The van der Waals surface area contributed by atoms with Gasteiger partial charge in [0.2, 0.25) is 5.91 Å². The average Bonchev–Trinajstić information content (AvgIpc) is 3.01. The van der Waals surface area contributed by atoms with Crippen LogP contribution in [0.25, 0.3) is 0 Å². The zero-order valence-electron chi connectivity index (χ0n) is 10.8. The maximum atomic E-state index is 11.9. The molecule has 0 bridgehead atoms. The maximum Gasteiger partial charge on any atom is 0.246 e. The summed E-state index contributed by atoms with van der Waals surface area (Å²) in [6.45, 7) is 2.72. The van der Waals surface area contributed by atoms with Gasteiger partial charge in [0.05, 0.1) is 9.23 Å². The van der Waals surface area contributed by atoms with Crippen LogP contribution in [0, 0.1) is 0 Å². The van der Waals surface area contributed by atoms with Gasteiger partial charge in [-0.05, 0) is 30.1 Å². The summed E-state index contributed by atoms with van der Waals surface area (Å²) in [7, 11) is 0. The number of likely N-dealkylation sites (N-methyl/N-ethyl adjacent to an activating group) is 1. The van der Waals surface area contributed by atoms with Crippen LogP contribution in [0.4, 0.5) is 5.69 Å². The van der Waals surface area contributed by atoms with Gasteiger partial charge in [-0.1, -0.05) is 36.4 Å². The molecular formula is C14H13ClN2OS2. The molecule has 1 amide bonds. The highest BCUT2D eigenvalue weighted by Gasteiger charge is 2.30. The minimum Gasteiger partial charge on any atom is -0.324 e. The van der Waals surface area contributed by atoms with Crippen molar-refractivity contribution in [1.29, 1.82) is 0 Å². The first-order valence-corrected chi connectivity index (χ1v) is 8.35. The summed E-state index contributed by atoms with van der Waals surface area (Å²) >= 11 is 9.65. The molecule has 1 atom stereocenters. The molecular weight excluding hydrogens is 312 g/mol. The van der Waals surface area contributed by atoms with E-state index in [1.165, 1.54) is 4.21 Å². The monoisotopic (exact) mass is 324 g/mol. The number of hydrogen-bond acceptors (Lipinski definition) is 4. The van der Waals surface area contributed by atoms with Crippen molar-refractivity contribution in [3.8, 4) is 0 Å². The van der Waals surface area contributed by atoms with E-state index in [1.807, 2.05) is 30.5 Å². The summed E-state index contributed by atoms with van der Waals surface area (Å²) in [5.41, 5.74) is 1.78. The number of rotatable bonds is 4. The molecule has 2 aromatic rings. The Morgan fingerprint density at radius 2 is 2.35 bits per heavy atom. The summed E-state index contributed by atoms with van der Waals surface area (Å²) in [4.78, 5) is 12.9. The Labute approximate surface area is 130 Å². The van der Waals surface area contributed by atoms with E-state index in [2.05, 4.69) is 16.7 Å². The third-order valence-corrected chi connectivity index (χ3v) is 5.57. The number of carbonyl (C=O) groups excluding carboxylic acids is 1. The Kier molecular flexibility index (Phi) is 4.03. The molecule has 2 N–H and O–H groups in total. The van der Waals surface area contributed by atoms with E-state index in [-0.39, 0.29) is 11.9 Å². The second kappa shape index (κ2) is 5.77. The topological polar surface area (TPSA) is 41.1 Å². The Morgan fingerprint density at radius 3 is 3.05 bits per heavy atom. The van der Waals surface area contributed by atoms with Gasteiger partial charge < -0.3 is 10.6 Å². The molecule has 0 aliphatic carbocycles. The Balaban J connectivity index is 1.93. The summed E-state index contributed by atoms with van der Waals surface area (Å²) in [6, 6.07) is 7.61. The Bertz CT molecular complexity index is 643. The first kappa shape index (κ1) is 13.9. The highest BCUT2D eigenvalue weighted by Crippen LogP contribution is 2.42. The Morgan fingerprint density at radius 1 is 1.50 bits per heavy atom. The second-order valence-corrected chi connectivity index (χ2v) is 7.08. The molecule has 1 unspecified atom stereocenters. The zero-order valence-corrected chi connectivity index (χ0v) is 13.2. The van der Waals surface area contributed by atoms with E-state index < -0.39 is 0 Å². The van der Waals surface area contributed by atoms with Gasteiger partial charge in [-0.15, -0.1) is 11.3 Å². The summed E-state index contributed by atoms with van der Waals surface area (Å²) in [5.74, 6) is -0.0174. The standard InChI is InChI=1S/C14H13ClN2OS2/c1-2-16-13-8-6-9(15)11(7-10(8)17-14(13)18)20-12-4-3-5-19-12/h3-7,13,16H,2H2,1H3,(H,17,18). The van der Waals surface area contributed by atoms with E-state index in [0.29, 0.717) is 5.02 Å². The molecule has 2 heterocycles. The molecule has 0 saturated heterocycles. The normalized spacial score (nSPS) is 17.1. The zero-order chi connectivity index (χ0) is 14.1. The van der Waals surface area contributed by atoms with Gasteiger partial charge in [0.1, 0.15) is 6.04 Å². The third-order valence-electron chi connectivity index (χ3n) is 3.05. The minimum absolute atomic E-state index is 0.0174. The third kappa shape index (κ3) is 2.59. The van der Waals surface area contributed by atoms with Crippen LogP contribution in [0.3, 0.4) is 0 Å². The second-order valence-electron chi connectivity index (χ2n) is 4.38. The molecule has 1 aromatic carbocycles. The van der Waals surface area contributed by atoms with Crippen LogP contribution >= 0.6 is 34.7 Å². The number of benzene rings is 1. The van der Waals surface area contributed by atoms with Crippen molar-refractivity contribution in [2.75, 3.05) is 11.9 Å². The van der Waals surface area contributed by atoms with Crippen LogP contribution in [0.5, 0.6) is 0 Å². The number of hydrogen-bond donors (Lipinski definition) is 2. The molecule has 0 radical (unpaired) electrons. The highest BCUT2D eigenvalue weighted by molar-refractivity contribution is 8.01. The lowest BCUT2D eigenvalue weighted by atomic mass is 10.1. The molecule has 3 nitrogen and oxygen atoms in total. The predicted octanol–water partition coefficient (Wildman–Crippen LogP) is 4.16. The molecule has 1 aliphatic rings. The summed E-state index contributed by atoms with van der Waals surface area (Å²) in [5, 5.41) is 8.79. The molecule has 0 saturated carbocycles. The van der Waals surface area contributed by atoms with Gasteiger partial charge in [0.15, 0.2) is 0 Å². The van der Waals surface area contributed by atoms with Crippen LogP contribution in [-0.2, 0) is 4.79 Å². The molecule has 3 rings (SSSR count). The highest BCUT2D eigenvalue weighted by atomic mass is 35.5. The number of carbonyl (C=O) groups is 1. The van der Waals surface area contributed by atoms with Crippen LogP contribution in [-0.4, -0.2) is 12.5 Å². The number of anilines is 1. The van der Waals surface area contributed by atoms with Crippen molar-refractivity contribution in [3.63, 3.8) is 0 Å². The van der Waals surface area contributed by atoms with Crippen molar-refractivity contribution >= 4 is 46.3 Å². The first-order chi connectivity index (χ1) is 9.69. The largest absolute Gasteiger partial charge is 0.324 e. The van der Waals surface area contributed by atoms with Gasteiger partial charge in [0, 0.05) is 16.1 Å². The van der Waals surface area contributed by atoms with Gasteiger partial charge >= 0.3 is 0 Å². The fraction of sp³-hybridized carbons (Fsp3) is 0.214. The average molecular weight is 325 g/mol. The van der Waals surface area contributed by atoms with Crippen molar-refractivity contribution in [2.45, 2.75) is 22.1 Å². The lowest BCUT2D eigenvalue weighted by molar-refractivity contribution is -0.117. The van der Waals surface area contributed by atoms with Gasteiger partial charge in [0.25, 0.3) is 0 Å². The maximum absolute atomic E-state index is 11.9. The van der Waals surface area contributed by atoms with E-state index in [4.69, 9.17) is 11.6 Å². The van der Waals surface area contributed by atoms with E-state index in [0.717, 1.165) is 22.7 Å². The molecule has 0 fully saturated rings. The number of nitrogens with one attached hydrogen (secondary N) is 2. The lowest BCUT2D eigenvalue weighted by Crippen LogP contribution is -2.27. The van der Waals surface area contributed by atoms with Gasteiger partial charge in [-0.2, -0.15) is 0 Å². The van der Waals surface area contributed by atoms with E-state index >= 15 is 0 Å². The van der Waals surface area contributed by atoms with Gasteiger partial charge in [-0.25, -0.2) is 0 Å². The molecule has 1 aromatic heterocycles. The number of amides is 1. The van der Waals surface area contributed by atoms with Crippen LogP contribution < -0.4 is 10.6 Å². The number of fused-ring (bicyclic) bond motifs is 1. The van der Waals surface area contributed by atoms with Crippen LogP contribution in [0.1, 0.15) is 18.5 Å². The number of halogens is 1. The fourth-order valence-corrected chi connectivity index (χ4v) is 4.24. The quantitative estimate of drug-likeness (QED) is 0.887. The smallest absolute Gasteiger partial charge is 0.246 e. The fourth-order valence-electron chi connectivity index (χ4n) is 2.18. The first-order valence-electron chi connectivity index (χ1n) is 6.28.